The van der Waals surface area contributed by atoms with E-state index in [4.69, 9.17) is 0 Å². The van der Waals surface area contributed by atoms with Gasteiger partial charge < -0.3 is 15.7 Å². The molecule has 2 atom stereocenters. The molecular weight excluding hydrogens is 256 g/mol. The Balaban J connectivity index is 1.90. The molecular formula is C14H24N4O2. The summed E-state index contributed by atoms with van der Waals surface area (Å²) in [6.07, 6.45) is 7.97. The van der Waals surface area contributed by atoms with E-state index in [0.29, 0.717) is 0 Å². The summed E-state index contributed by atoms with van der Waals surface area (Å²) in [4.78, 5) is 11.9. The summed E-state index contributed by atoms with van der Waals surface area (Å²) in [6, 6.07) is 1.98. The van der Waals surface area contributed by atoms with E-state index in [1.165, 1.54) is 0 Å². The van der Waals surface area contributed by atoms with Gasteiger partial charge in [-0.2, -0.15) is 5.10 Å². The number of aliphatic hydroxyl groups is 1. The van der Waals surface area contributed by atoms with Gasteiger partial charge in [0.05, 0.1) is 17.7 Å². The van der Waals surface area contributed by atoms with Gasteiger partial charge in [-0.3, -0.25) is 4.68 Å². The number of nitrogens with one attached hydrogen (secondary N) is 2. The molecule has 1 aliphatic carbocycles. The lowest BCUT2D eigenvalue weighted by Crippen LogP contribution is -2.50. The quantitative estimate of drug-likeness (QED) is 0.780. The van der Waals surface area contributed by atoms with Crippen molar-refractivity contribution >= 4 is 6.03 Å². The smallest absolute Gasteiger partial charge is 0.315 e. The largest absolute Gasteiger partial charge is 0.389 e. The van der Waals surface area contributed by atoms with Crippen molar-refractivity contribution in [3.05, 3.63) is 18.5 Å². The third-order valence-corrected chi connectivity index (χ3v) is 3.59. The van der Waals surface area contributed by atoms with Gasteiger partial charge in [-0.1, -0.05) is 12.8 Å². The van der Waals surface area contributed by atoms with E-state index < -0.39 is 5.60 Å². The summed E-state index contributed by atoms with van der Waals surface area (Å²) in [5.74, 6) is 0. The molecule has 0 aromatic carbocycles. The van der Waals surface area contributed by atoms with Crippen molar-refractivity contribution in [2.45, 2.75) is 57.2 Å². The number of carbonyl (C=O) groups excluding carboxylic acids is 1. The molecule has 0 radical (unpaired) electrons. The topological polar surface area (TPSA) is 79.2 Å². The molecule has 2 rings (SSSR count). The minimum absolute atomic E-state index is 0.0884. The van der Waals surface area contributed by atoms with Gasteiger partial charge in [0.15, 0.2) is 0 Å². The maximum atomic E-state index is 11.9. The minimum atomic E-state index is -0.898. The molecule has 2 amide bonds. The zero-order valence-corrected chi connectivity index (χ0v) is 12.2. The Morgan fingerprint density at radius 1 is 1.45 bits per heavy atom. The Morgan fingerprint density at radius 3 is 2.85 bits per heavy atom. The number of carbonyl (C=O) groups is 1. The van der Waals surface area contributed by atoms with Crippen molar-refractivity contribution in [3.8, 4) is 0 Å². The summed E-state index contributed by atoms with van der Waals surface area (Å²) in [5.41, 5.74) is -0.898. The third kappa shape index (κ3) is 4.23. The number of aromatic nitrogens is 2. The number of hydrogen-bond donors (Lipinski definition) is 3. The molecule has 1 fully saturated rings. The highest BCUT2D eigenvalue weighted by Crippen LogP contribution is 2.27. The fraction of sp³-hybridized carbons (Fsp3) is 0.714. The fourth-order valence-electron chi connectivity index (χ4n) is 2.59. The molecule has 1 saturated carbocycles. The van der Waals surface area contributed by atoms with Crippen molar-refractivity contribution in [2.24, 2.45) is 0 Å². The van der Waals surface area contributed by atoms with Gasteiger partial charge in [0, 0.05) is 18.9 Å². The summed E-state index contributed by atoms with van der Waals surface area (Å²) in [5, 5.41) is 19.6. The summed E-state index contributed by atoms with van der Waals surface area (Å²) in [7, 11) is 0. The lowest BCUT2D eigenvalue weighted by atomic mass is 9.90. The minimum Gasteiger partial charge on any atom is -0.389 e. The molecule has 6 nitrogen and oxygen atoms in total. The molecule has 0 aliphatic heterocycles. The second-order valence-electron chi connectivity index (χ2n) is 6.08. The second kappa shape index (κ2) is 6.26. The van der Waals surface area contributed by atoms with E-state index in [0.717, 1.165) is 25.7 Å². The SMILES string of the molecule is CC(C)(O)CNC(=O)NC1CCCCC1n1cccn1. The van der Waals surface area contributed by atoms with Crippen LogP contribution in [-0.2, 0) is 0 Å². The molecule has 1 aromatic rings. The molecule has 1 aromatic heterocycles. The number of nitrogens with zero attached hydrogens (tertiary/aromatic N) is 2. The number of urea groups is 1. The average Bonchev–Trinajstić information content (AvgIpc) is 2.90. The van der Waals surface area contributed by atoms with Crippen molar-refractivity contribution in [2.75, 3.05) is 6.54 Å². The van der Waals surface area contributed by atoms with Crippen LogP contribution in [0.2, 0.25) is 0 Å². The first-order valence-electron chi connectivity index (χ1n) is 7.21. The third-order valence-electron chi connectivity index (χ3n) is 3.59. The van der Waals surface area contributed by atoms with Crippen molar-refractivity contribution in [3.63, 3.8) is 0 Å². The normalized spacial score (nSPS) is 23.4. The molecule has 20 heavy (non-hydrogen) atoms. The van der Waals surface area contributed by atoms with Gasteiger partial charge in [0.2, 0.25) is 0 Å². The predicted molar refractivity (Wildman–Crippen MR) is 76.4 cm³/mol. The molecule has 6 heteroatoms. The van der Waals surface area contributed by atoms with Gasteiger partial charge in [-0.25, -0.2) is 4.79 Å². The lowest BCUT2D eigenvalue weighted by molar-refractivity contribution is 0.0814. The van der Waals surface area contributed by atoms with Crippen LogP contribution in [0, 0.1) is 0 Å². The fourth-order valence-corrected chi connectivity index (χ4v) is 2.59. The van der Waals surface area contributed by atoms with E-state index in [-0.39, 0.29) is 24.7 Å². The van der Waals surface area contributed by atoms with E-state index >= 15 is 0 Å². The highest BCUT2D eigenvalue weighted by Gasteiger charge is 2.28. The molecule has 0 saturated heterocycles. The Morgan fingerprint density at radius 2 is 2.20 bits per heavy atom. The Kier molecular flexibility index (Phi) is 4.65. The second-order valence-corrected chi connectivity index (χ2v) is 6.08. The first-order valence-corrected chi connectivity index (χ1v) is 7.21. The van der Waals surface area contributed by atoms with Crippen LogP contribution in [0.15, 0.2) is 18.5 Å². The molecule has 0 spiro atoms. The van der Waals surface area contributed by atoms with Gasteiger partial charge in [0.25, 0.3) is 0 Å². The van der Waals surface area contributed by atoms with Crippen LogP contribution in [0.5, 0.6) is 0 Å². The van der Waals surface area contributed by atoms with Gasteiger partial charge in [-0.05, 0) is 32.8 Å². The van der Waals surface area contributed by atoms with E-state index in [2.05, 4.69) is 15.7 Å². The molecule has 1 aliphatic rings. The van der Waals surface area contributed by atoms with Crippen LogP contribution in [0.25, 0.3) is 0 Å². The van der Waals surface area contributed by atoms with Crippen LogP contribution in [0.3, 0.4) is 0 Å². The predicted octanol–water partition coefficient (Wildman–Crippen LogP) is 1.44. The Bertz CT molecular complexity index is 425. The lowest BCUT2D eigenvalue weighted by Gasteiger charge is -2.32. The van der Waals surface area contributed by atoms with Crippen LogP contribution in [0.4, 0.5) is 4.79 Å². The number of rotatable bonds is 4. The Labute approximate surface area is 119 Å². The maximum absolute atomic E-state index is 11.9. The van der Waals surface area contributed by atoms with Crippen LogP contribution >= 0.6 is 0 Å². The van der Waals surface area contributed by atoms with Crippen molar-refractivity contribution in [1.82, 2.24) is 20.4 Å². The zero-order chi connectivity index (χ0) is 14.6. The molecule has 3 N–H and O–H groups in total. The van der Waals surface area contributed by atoms with E-state index in [1.54, 1.807) is 20.0 Å². The maximum Gasteiger partial charge on any atom is 0.315 e. The standard InChI is InChI=1S/C14H24N4O2/c1-14(2,20)10-15-13(19)17-11-6-3-4-7-12(11)18-9-5-8-16-18/h5,8-9,11-12,20H,3-4,6-7,10H2,1-2H3,(H2,15,17,19). The van der Waals surface area contributed by atoms with Crippen molar-refractivity contribution < 1.29 is 9.90 Å². The van der Waals surface area contributed by atoms with E-state index in [9.17, 15) is 9.90 Å². The molecule has 1 heterocycles. The average molecular weight is 280 g/mol. The van der Waals surface area contributed by atoms with Gasteiger partial charge in [0.1, 0.15) is 0 Å². The number of hydrogen-bond acceptors (Lipinski definition) is 3. The first-order chi connectivity index (χ1) is 9.46. The summed E-state index contributed by atoms with van der Waals surface area (Å²) >= 11 is 0. The van der Waals surface area contributed by atoms with E-state index in [1.807, 2.05) is 16.9 Å². The highest BCUT2D eigenvalue weighted by atomic mass is 16.3. The summed E-state index contributed by atoms with van der Waals surface area (Å²) in [6.45, 7) is 3.57. The molecule has 0 bridgehead atoms. The van der Waals surface area contributed by atoms with Crippen molar-refractivity contribution in [1.29, 1.82) is 0 Å². The monoisotopic (exact) mass is 280 g/mol. The van der Waals surface area contributed by atoms with Gasteiger partial charge in [-0.15, -0.1) is 0 Å². The first kappa shape index (κ1) is 14.8. The summed E-state index contributed by atoms with van der Waals surface area (Å²) < 4.78 is 1.93. The molecule has 112 valence electrons. The van der Waals surface area contributed by atoms with Crippen LogP contribution in [0.1, 0.15) is 45.6 Å². The van der Waals surface area contributed by atoms with Crippen LogP contribution < -0.4 is 10.6 Å². The zero-order valence-electron chi connectivity index (χ0n) is 12.2. The molecule has 2 unspecified atom stereocenters. The van der Waals surface area contributed by atoms with Gasteiger partial charge >= 0.3 is 6.03 Å². The number of amides is 2. The Hall–Kier alpha value is -1.56. The highest BCUT2D eigenvalue weighted by molar-refractivity contribution is 5.74. The van der Waals surface area contributed by atoms with Crippen LogP contribution in [-0.4, -0.2) is 39.1 Å².